The molecule has 3 rings (SSSR count). The van der Waals surface area contributed by atoms with Crippen LogP contribution >= 0.6 is 0 Å². The summed E-state index contributed by atoms with van der Waals surface area (Å²) in [5.74, 6) is 1.24. The van der Waals surface area contributed by atoms with Gasteiger partial charge in [0, 0.05) is 18.0 Å². The molecule has 1 atom stereocenters. The Morgan fingerprint density at radius 3 is 2.81 bits per heavy atom. The second-order valence-electron chi connectivity index (χ2n) is 5.29. The molecule has 0 fully saturated rings. The van der Waals surface area contributed by atoms with Gasteiger partial charge in [-0.1, -0.05) is 61.0 Å². The Balaban J connectivity index is 1.91. The van der Waals surface area contributed by atoms with Gasteiger partial charge in [-0.2, -0.15) is 4.98 Å². The van der Waals surface area contributed by atoms with Gasteiger partial charge in [0.05, 0.1) is 0 Å². The Morgan fingerprint density at radius 1 is 1.14 bits per heavy atom. The molecule has 21 heavy (non-hydrogen) atoms. The van der Waals surface area contributed by atoms with Crippen LogP contribution in [-0.2, 0) is 6.42 Å². The summed E-state index contributed by atoms with van der Waals surface area (Å²) in [6.45, 7) is 2.12. The van der Waals surface area contributed by atoms with E-state index in [0.717, 1.165) is 23.8 Å². The first-order valence-corrected chi connectivity index (χ1v) is 7.34. The number of hydrogen-bond acceptors (Lipinski definition) is 4. The summed E-state index contributed by atoms with van der Waals surface area (Å²) >= 11 is 0. The zero-order chi connectivity index (χ0) is 14.7. The zero-order valence-corrected chi connectivity index (χ0v) is 12.1. The summed E-state index contributed by atoms with van der Waals surface area (Å²) in [5, 5.41) is 6.41. The van der Waals surface area contributed by atoms with Gasteiger partial charge in [0.1, 0.15) is 0 Å². The molecular weight excluding hydrogens is 262 g/mol. The summed E-state index contributed by atoms with van der Waals surface area (Å²) in [5.41, 5.74) is 7.02. The minimum absolute atomic E-state index is 0.0795. The molecule has 2 aromatic carbocycles. The van der Waals surface area contributed by atoms with Crippen molar-refractivity contribution >= 4 is 10.8 Å². The van der Waals surface area contributed by atoms with Crippen molar-refractivity contribution in [3.8, 4) is 11.4 Å². The number of nitrogens with two attached hydrogens (primary N) is 1. The Bertz CT molecular complexity index is 730. The SMILES string of the molecule is CCCC(N)Cc1nc(-c2cccc3ccccc23)no1. The normalized spacial score (nSPS) is 12.7. The van der Waals surface area contributed by atoms with Crippen LogP contribution < -0.4 is 5.73 Å². The predicted octanol–water partition coefficient (Wildman–Crippen LogP) is 3.56. The third kappa shape index (κ3) is 2.95. The molecule has 3 aromatic rings. The molecule has 0 spiro atoms. The maximum Gasteiger partial charge on any atom is 0.228 e. The molecule has 0 aliphatic heterocycles. The number of fused-ring (bicyclic) bond motifs is 1. The Hall–Kier alpha value is -2.20. The summed E-state index contributed by atoms with van der Waals surface area (Å²) < 4.78 is 5.34. The van der Waals surface area contributed by atoms with Crippen LogP contribution in [0.5, 0.6) is 0 Å². The predicted molar refractivity (Wildman–Crippen MR) is 83.8 cm³/mol. The Morgan fingerprint density at radius 2 is 1.95 bits per heavy atom. The highest BCUT2D eigenvalue weighted by molar-refractivity contribution is 5.94. The molecule has 1 heterocycles. The number of aromatic nitrogens is 2. The first-order chi connectivity index (χ1) is 10.3. The zero-order valence-electron chi connectivity index (χ0n) is 12.1. The van der Waals surface area contributed by atoms with Crippen molar-refractivity contribution in [3.05, 3.63) is 48.4 Å². The first kappa shape index (κ1) is 13.8. The van der Waals surface area contributed by atoms with Gasteiger partial charge in [-0.05, 0) is 17.2 Å². The highest BCUT2D eigenvalue weighted by Crippen LogP contribution is 2.26. The molecule has 4 nitrogen and oxygen atoms in total. The standard InChI is InChI=1S/C17H19N3O/c1-2-6-13(18)11-16-19-17(20-21-16)15-10-5-8-12-7-3-4-9-14(12)15/h3-5,7-10,13H,2,6,11,18H2,1H3. The maximum absolute atomic E-state index is 6.03. The lowest BCUT2D eigenvalue weighted by atomic mass is 10.0. The van der Waals surface area contributed by atoms with E-state index in [4.69, 9.17) is 10.3 Å². The summed E-state index contributed by atoms with van der Waals surface area (Å²) in [7, 11) is 0. The molecule has 4 heteroatoms. The van der Waals surface area contributed by atoms with E-state index in [2.05, 4.69) is 35.3 Å². The summed E-state index contributed by atoms with van der Waals surface area (Å²) in [6.07, 6.45) is 2.66. The molecule has 108 valence electrons. The molecule has 0 saturated carbocycles. The average molecular weight is 281 g/mol. The lowest BCUT2D eigenvalue weighted by molar-refractivity contribution is 0.366. The lowest BCUT2D eigenvalue weighted by Gasteiger charge is -2.05. The van der Waals surface area contributed by atoms with Gasteiger partial charge in [-0.15, -0.1) is 0 Å². The van der Waals surface area contributed by atoms with Gasteiger partial charge in [0.25, 0.3) is 0 Å². The molecule has 0 aliphatic rings. The van der Waals surface area contributed by atoms with Crippen LogP contribution in [0.2, 0.25) is 0 Å². The largest absolute Gasteiger partial charge is 0.339 e. The molecular formula is C17H19N3O. The van der Waals surface area contributed by atoms with E-state index in [0.29, 0.717) is 18.1 Å². The highest BCUT2D eigenvalue weighted by atomic mass is 16.5. The molecule has 2 N–H and O–H groups in total. The molecule has 0 amide bonds. The fraction of sp³-hybridized carbons (Fsp3) is 0.294. The minimum atomic E-state index is 0.0795. The van der Waals surface area contributed by atoms with E-state index in [1.165, 1.54) is 5.39 Å². The second kappa shape index (κ2) is 6.06. The van der Waals surface area contributed by atoms with Gasteiger partial charge in [-0.25, -0.2) is 0 Å². The fourth-order valence-corrected chi connectivity index (χ4v) is 2.56. The molecule has 1 aromatic heterocycles. The van der Waals surface area contributed by atoms with Gasteiger partial charge >= 0.3 is 0 Å². The molecule has 1 unspecified atom stereocenters. The summed E-state index contributed by atoms with van der Waals surface area (Å²) in [6, 6.07) is 14.4. The van der Waals surface area contributed by atoms with E-state index in [-0.39, 0.29) is 6.04 Å². The van der Waals surface area contributed by atoms with Crippen molar-refractivity contribution in [2.24, 2.45) is 5.73 Å². The molecule has 0 saturated heterocycles. The van der Waals surface area contributed by atoms with Crippen LogP contribution in [-0.4, -0.2) is 16.2 Å². The third-order valence-corrected chi connectivity index (χ3v) is 3.59. The lowest BCUT2D eigenvalue weighted by Crippen LogP contribution is -2.22. The van der Waals surface area contributed by atoms with E-state index in [1.54, 1.807) is 0 Å². The van der Waals surface area contributed by atoms with Gasteiger partial charge in [-0.3, -0.25) is 0 Å². The highest BCUT2D eigenvalue weighted by Gasteiger charge is 2.13. The number of hydrogen-bond donors (Lipinski definition) is 1. The van der Waals surface area contributed by atoms with Crippen molar-refractivity contribution in [2.45, 2.75) is 32.2 Å². The van der Waals surface area contributed by atoms with Crippen LogP contribution in [0.15, 0.2) is 47.0 Å². The Labute approximate surface area is 124 Å². The van der Waals surface area contributed by atoms with Gasteiger partial charge in [0.2, 0.25) is 11.7 Å². The van der Waals surface area contributed by atoms with Crippen molar-refractivity contribution in [1.29, 1.82) is 0 Å². The quantitative estimate of drug-likeness (QED) is 0.776. The van der Waals surface area contributed by atoms with Gasteiger partial charge < -0.3 is 10.3 Å². The van der Waals surface area contributed by atoms with E-state index >= 15 is 0 Å². The number of rotatable bonds is 5. The first-order valence-electron chi connectivity index (χ1n) is 7.34. The van der Waals surface area contributed by atoms with Crippen LogP contribution in [0.4, 0.5) is 0 Å². The third-order valence-electron chi connectivity index (χ3n) is 3.59. The van der Waals surface area contributed by atoms with E-state index in [9.17, 15) is 0 Å². The van der Waals surface area contributed by atoms with Crippen molar-refractivity contribution in [2.75, 3.05) is 0 Å². The van der Waals surface area contributed by atoms with Crippen molar-refractivity contribution in [1.82, 2.24) is 10.1 Å². The van der Waals surface area contributed by atoms with Crippen LogP contribution in [0.3, 0.4) is 0 Å². The van der Waals surface area contributed by atoms with Crippen LogP contribution in [0.1, 0.15) is 25.7 Å². The van der Waals surface area contributed by atoms with E-state index < -0.39 is 0 Å². The van der Waals surface area contributed by atoms with Crippen LogP contribution in [0, 0.1) is 0 Å². The smallest absolute Gasteiger partial charge is 0.228 e. The fourth-order valence-electron chi connectivity index (χ4n) is 2.56. The molecule has 0 radical (unpaired) electrons. The average Bonchev–Trinajstić information content (AvgIpc) is 2.95. The van der Waals surface area contributed by atoms with Gasteiger partial charge in [0.15, 0.2) is 0 Å². The maximum atomic E-state index is 6.03. The summed E-state index contributed by atoms with van der Waals surface area (Å²) in [4.78, 5) is 4.50. The van der Waals surface area contributed by atoms with Crippen molar-refractivity contribution in [3.63, 3.8) is 0 Å². The monoisotopic (exact) mass is 281 g/mol. The molecule has 0 aliphatic carbocycles. The number of benzene rings is 2. The minimum Gasteiger partial charge on any atom is -0.339 e. The Kier molecular flexibility index (Phi) is 3.97. The molecule has 0 bridgehead atoms. The topological polar surface area (TPSA) is 64.9 Å². The van der Waals surface area contributed by atoms with E-state index in [1.807, 2.05) is 24.3 Å². The number of nitrogens with zero attached hydrogens (tertiary/aromatic N) is 2. The second-order valence-corrected chi connectivity index (χ2v) is 5.29. The van der Waals surface area contributed by atoms with Crippen molar-refractivity contribution < 1.29 is 4.52 Å². The van der Waals surface area contributed by atoms with Crippen LogP contribution in [0.25, 0.3) is 22.2 Å².